The molecule has 0 saturated carbocycles. The van der Waals surface area contributed by atoms with Crippen LogP contribution >= 0.6 is 0 Å². The molecule has 0 aromatic heterocycles. The highest BCUT2D eigenvalue weighted by Gasteiger charge is 2.22. The first kappa shape index (κ1) is 17.1. The summed E-state index contributed by atoms with van der Waals surface area (Å²) in [4.78, 5) is 23.9. The smallest absolute Gasteiger partial charge is 0.319 e. The predicted octanol–water partition coefficient (Wildman–Crippen LogP) is 2.40. The van der Waals surface area contributed by atoms with Gasteiger partial charge in [0, 0.05) is 12.6 Å². The third-order valence-corrected chi connectivity index (χ3v) is 3.39. The van der Waals surface area contributed by atoms with Gasteiger partial charge in [0.1, 0.15) is 17.6 Å². The van der Waals surface area contributed by atoms with Crippen molar-refractivity contribution in [3.63, 3.8) is 0 Å². The molecule has 1 aliphatic heterocycles. The van der Waals surface area contributed by atoms with Crippen molar-refractivity contribution in [1.29, 1.82) is 0 Å². The molecule has 6 nitrogen and oxygen atoms in total. The molecule has 0 radical (unpaired) electrons. The van der Waals surface area contributed by atoms with Crippen LogP contribution in [0.5, 0.6) is 5.75 Å². The van der Waals surface area contributed by atoms with Gasteiger partial charge in [-0.3, -0.25) is 4.79 Å². The molecule has 0 aliphatic carbocycles. The Balaban J connectivity index is 2.04. The van der Waals surface area contributed by atoms with E-state index >= 15 is 0 Å². The maximum Gasteiger partial charge on any atom is 0.319 e. The number of ether oxygens (including phenoxy) is 1. The van der Waals surface area contributed by atoms with Gasteiger partial charge in [0.25, 0.3) is 0 Å². The highest BCUT2D eigenvalue weighted by atomic mass is 19.1. The molecule has 1 fully saturated rings. The Morgan fingerprint density at radius 1 is 1.39 bits per heavy atom. The zero-order valence-electron chi connectivity index (χ0n) is 13.3. The Bertz CT molecular complexity index is 578. The molecule has 126 valence electrons. The Hall–Kier alpha value is -2.31. The summed E-state index contributed by atoms with van der Waals surface area (Å²) in [6.45, 7) is 4.29. The molecule has 2 rings (SSSR count). The van der Waals surface area contributed by atoms with E-state index in [0.717, 1.165) is 12.8 Å². The van der Waals surface area contributed by atoms with Gasteiger partial charge in [0.2, 0.25) is 5.91 Å². The van der Waals surface area contributed by atoms with Crippen LogP contribution in [0.3, 0.4) is 0 Å². The van der Waals surface area contributed by atoms with Crippen LogP contribution in [-0.4, -0.2) is 30.6 Å². The van der Waals surface area contributed by atoms with E-state index in [4.69, 9.17) is 4.74 Å². The van der Waals surface area contributed by atoms with Gasteiger partial charge in [-0.25, -0.2) is 9.18 Å². The molecule has 1 heterocycles. The van der Waals surface area contributed by atoms with Gasteiger partial charge in [-0.2, -0.15) is 0 Å². The molecule has 1 aromatic rings. The zero-order valence-corrected chi connectivity index (χ0v) is 13.3. The SMILES string of the molecule is CC(C)Oc1ccc(F)cc1NC(=O)N[C@H]1CCCCNC1=O. The van der Waals surface area contributed by atoms with Crippen molar-refractivity contribution >= 4 is 17.6 Å². The normalized spacial score (nSPS) is 18.1. The number of amides is 3. The number of rotatable bonds is 4. The zero-order chi connectivity index (χ0) is 16.8. The fraction of sp³-hybridized carbons (Fsp3) is 0.500. The molecule has 7 heteroatoms. The Labute approximate surface area is 134 Å². The van der Waals surface area contributed by atoms with Crippen LogP contribution in [0.1, 0.15) is 33.1 Å². The molecule has 1 saturated heterocycles. The second-order valence-corrected chi connectivity index (χ2v) is 5.74. The van der Waals surface area contributed by atoms with Gasteiger partial charge in [-0.15, -0.1) is 0 Å². The molecule has 1 atom stereocenters. The summed E-state index contributed by atoms with van der Waals surface area (Å²) in [7, 11) is 0. The number of nitrogens with one attached hydrogen (secondary N) is 3. The molecular formula is C16H22FN3O3. The van der Waals surface area contributed by atoms with Crippen molar-refractivity contribution in [2.45, 2.75) is 45.3 Å². The number of halogens is 1. The van der Waals surface area contributed by atoms with Crippen LogP contribution in [0.4, 0.5) is 14.9 Å². The van der Waals surface area contributed by atoms with E-state index < -0.39 is 17.9 Å². The highest BCUT2D eigenvalue weighted by Crippen LogP contribution is 2.26. The second kappa shape index (κ2) is 7.80. The van der Waals surface area contributed by atoms with Crippen molar-refractivity contribution in [3.05, 3.63) is 24.0 Å². The van der Waals surface area contributed by atoms with Crippen LogP contribution in [0.25, 0.3) is 0 Å². The van der Waals surface area contributed by atoms with E-state index in [0.29, 0.717) is 18.7 Å². The van der Waals surface area contributed by atoms with Gasteiger partial charge in [0.15, 0.2) is 0 Å². The monoisotopic (exact) mass is 323 g/mol. The standard InChI is InChI=1S/C16H22FN3O3/c1-10(2)23-14-7-6-11(17)9-13(14)20-16(22)19-12-5-3-4-8-18-15(12)21/h6-7,9-10,12H,3-5,8H2,1-2H3,(H,18,21)(H2,19,20,22)/t12-/m0/s1. The summed E-state index contributed by atoms with van der Waals surface area (Å²) in [5.41, 5.74) is 0.227. The number of urea groups is 1. The number of benzene rings is 1. The predicted molar refractivity (Wildman–Crippen MR) is 85.0 cm³/mol. The number of anilines is 1. The number of hydrogen-bond donors (Lipinski definition) is 3. The maximum absolute atomic E-state index is 13.4. The van der Waals surface area contributed by atoms with Crippen LogP contribution in [0.15, 0.2) is 18.2 Å². The minimum atomic E-state index is -0.583. The Kier molecular flexibility index (Phi) is 5.78. The number of carbonyl (C=O) groups excluding carboxylic acids is 2. The molecule has 3 N–H and O–H groups in total. The van der Waals surface area contributed by atoms with Crippen molar-refractivity contribution in [3.8, 4) is 5.75 Å². The second-order valence-electron chi connectivity index (χ2n) is 5.74. The first-order valence-electron chi connectivity index (χ1n) is 7.77. The summed E-state index contributed by atoms with van der Waals surface area (Å²) in [5, 5.41) is 7.91. The summed E-state index contributed by atoms with van der Waals surface area (Å²) in [5.74, 6) is -0.305. The van der Waals surface area contributed by atoms with Gasteiger partial charge >= 0.3 is 6.03 Å². The third kappa shape index (κ3) is 5.12. The highest BCUT2D eigenvalue weighted by molar-refractivity contribution is 5.94. The summed E-state index contributed by atoms with van der Waals surface area (Å²) >= 11 is 0. The van der Waals surface area contributed by atoms with Crippen LogP contribution in [0.2, 0.25) is 0 Å². The fourth-order valence-electron chi connectivity index (χ4n) is 2.35. The molecule has 0 unspecified atom stereocenters. The molecule has 1 aromatic carbocycles. The lowest BCUT2D eigenvalue weighted by molar-refractivity contribution is -0.122. The van der Waals surface area contributed by atoms with Crippen molar-refractivity contribution in [2.75, 3.05) is 11.9 Å². The van der Waals surface area contributed by atoms with E-state index in [1.165, 1.54) is 18.2 Å². The topological polar surface area (TPSA) is 79.5 Å². The minimum Gasteiger partial charge on any atom is -0.489 e. The third-order valence-electron chi connectivity index (χ3n) is 3.39. The van der Waals surface area contributed by atoms with Gasteiger partial charge in [-0.1, -0.05) is 0 Å². The van der Waals surface area contributed by atoms with Crippen LogP contribution in [-0.2, 0) is 4.79 Å². The maximum atomic E-state index is 13.4. The van der Waals surface area contributed by atoms with E-state index in [9.17, 15) is 14.0 Å². The minimum absolute atomic E-state index is 0.114. The van der Waals surface area contributed by atoms with E-state index in [2.05, 4.69) is 16.0 Å². The van der Waals surface area contributed by atoms with Crippen LogP contribution < -0.4 is 20.7 Å². The van der Waals surface area contributed by atoms with Gasteiger partial charge in [0.05, 0.1) is 11.8 Å². The molecule has 0 spiro atoms. The number of carbonyl (C=O) groups is 2. The van der Waals surface area contributed by atoms with Crippen molar-refractivity contribution in [2.24, 2.45) is 0 Å². The lowest BCUT2D eigenvalue weighted by Crippen LogP contribution is -2.47. The lowest BCUT2D eigenvalue weighted by atomic mass is 10.1. The molecular weight excluding hydrogens is 301 g/mol. The summed E-state index contributed by atoms with van der Waals surface area (Å²) in [6, 6.07) is 2.76. The van der Waals surface area contributed by atoms with Crippen molar-refractivity contribution < 1.29 is 18.7 Å². The van der Waals surface area contributed by atoms with Gasteiger partial charge in [-0.05, 0) is 45.2 Å². The Morgan fingerprint density at radius 2 is 2.17 bits per heavy atom. The molecule has 23 heavy (non-hydrogen) atoms. The largest absolute Gasteiger partial charge is 0.489 e. The van der Waals surface area contributed by atoms with Crippen LogP contribution in [0, 0.1) is 5.82 Å². The average Bonchev–Trinajstić information content (AvgIpc) is 2.67. The lowest BCUT2D eigenvalue weighted by Gasteiger charge is -2.18. The average molecular weight is 323 g/mol. The quantitative estimate of drug-likeness (QED) is 0.796. The van der Waals surface area contributed by atoms with E-state index in [1.807, 2.05) is 13.8 Å². The first-order valence-corrected chi connectivity index (χ1v) is 7.77. The van der Waals surface area contributed by atoms with E-state index in [1.54, 1.807) is 0 Å². The molecule has 3 amide bonds. The Morgan fingerprint density at radius 3 is 2.91 bits per heavy atom. The molecule has 1 aliphatic rings. The van der Waals surface area contributed by atoms with E-state index in [-0.39, 0.29) is 17.7 Å². The number of hydrogen-bond acceptors (Lipinski definition) is 3. The van der Waals surface area contributed by atoms with Gasteiger partial charge < -0.3 is 20.7 Å². The first-order chi connectivity index (χ1) is 11.0. The van der Waals surface area contributed by atoms with Crippen molar-refractivity contribution in [1.82, 2.24) is 10.6 Å². The fourth-order valence-corrected chi connectivity index (χ4v) is 2.35. The molecule has 0 bridgehead atoms. The summed E-state index contributed by atoms with van der Waals surface area (Å²) in [6.07, 6.45) is 2.21. The summed E-state index contributed by atoms with van der Waals surface area (Å²) < 4.78 is 19.0.